The quantitative estimate of drug-likeness (QED) is 0.666. The van der Waals surface area contributed by atoms with Crippen LogP contribution in [0.15, 0.2) is 0 Å². The molecule has 2 unspecified atom stereocenters. The second kappa shape index (κ2) is 7.59. The molecule has 1 saturated heterocycles. The molecular formula is C14H26N2O4. The Kier molecular flexibility index (Phi) is 6.42. The van der Waals surface area contributed by atoms with Gasteiger partial charge in [-0.3, -0.25) is 9.59 Å². The van der Waals surface area contributed by atoms with Crippen LogP contribution in [0.4, 0.5) is 0 Å². The maximum absolute atomic E-state index is 12.0. The fourth-order valence-corrected chi connectivity index (χ4v) is 2.41. The Bertz CT molecular complexity index is 344. The molecule has 1 fully saturated rings. The number of nitrogens with one attached hydrogen (secondary N) is 1. The van der Waals surface area contributed by atoms with Gasteiger partial charge >= 0.3 is 0 Å². The van der Waals surface area contributed by atoms with Crippen molar-refractivity contribution < 1.29 is 19.4 Å². The highest BCUT2D eigenvalue weighted by Crippen LogP contribution is 2.18. The van der Waals surface area contributed by atoms with Crippen molar-refractivity contribution in [2.24, 2.45) is 5.92 Å². The van der Waals surface area contributed by atoms with E-state index in [4.69, 9.17) is 4.74 Å². The van der Waals surface area contributed by atoms with Crippen LogP contribution in [-0.2, 0) is 14.3 Å². The number of hydrogen-bond donors (Lipinski definition) is 2. The molecule has 0 aromatic rings. The highest BCUT2D eigenvalue weighted by Gasteiger charge is 2.34. The van der Waals surface area contributed by atoms with E-state index in [2.05, 4.69) is 5.32 Å². The first-order chi connectivity index (χ1) is 9.39. The van der Waals surface area contributed by atoms with Gasteiger partial charge in [0.1, 0.15) is 0 Å². The predicted molar refractivity (Wildman–Crippen MR) is 75.1 cm³/mol. The number of methoxy groups -OCH3 is 1. The van der Waals surface area contributed by atoms with Gasteiger partial charge in [-0.25, -0.2) is 0 Å². The van der Waals surface area contributed by atoms with Gasteiger partial charge in [-0.05, 0) is 13.3 Å². The van der Waals surface area contributed by atoms with Gasteiger partial charge in [-0.1, -0.05) is 13.3 Å². The van der Waals surface area contributed by atoms with Gasteiger partial charge in [-0.2, -0.15) is 0 Å². The molecule has 2 atom stereocenters. The van der Waals surface area contributed by atoms with Gasteiger partial charge < -0.3 is 20.1 Å². The van der Waals surface area contributed by atoms with Crippen molar-refractivity contribution in [3.05, 3.63) is 0 Å². The van der Waals surface area contributed by atoms with Crippen LogP contribution in [0.25, 0.3) is 0 Å². The molecule has 6 nitrogen and oxygen atoms in total. The molecule has 1 heterocycles. The first kappa shape index (κ1) is 16.9. The maximum atomic E-state index is 12.0. The standard InChI is InChI=1S/C14H26N2O4/c1-4-5-14(2,19)10-15-13(18)11-8-12(17)16(9-11)6-7-20-3/h11,19H,4-10H2,1-3H3,(H,15,18). The number of ether oxygens (including phenoxy) is 1. The van der Waals surface area contributed by atoms with E-state index in [1.807, 2.05) is 6.92 Å². The van der Waals surface area contributed by atoms with Crippen LogP contribution in [0.3, 0.4) is 0 Å². The average Bonchev–Trinajstić information content (AvgIpc) is 2.75. The molecule has 20 heavy (non-hydrogen) atoms. The minimum atomic E-state index is -0.886. The molecule has 0 aromatic carbocycles. The number of aliphatic hydroxyl groups is 1. The third kappa shape index (κ3) is 5.09. The number of hydrogen-bond acceptors (Lipinski definition) is 4. The Morgan fingerprint density at radius 1 is 1.60 bits per heavy atom. The molecular weight excluding hydrogens is 260 g/mol. The molecule has 0 aromatic heterocycles. The van der Waals surface area contributed by atoms with Crippen molar-refractivity contribution >= 4 is 11.8 Å². The van der Waals surface area contributed by atoms with E-state index in [-0.39, 0.29) is 30.7 Å². The molecule has 0 saturated carbocycles. The Hall–Kier alpha value is -1.14. The van der Waals surface area contributed by atoms with Gasteiger partial charge in [0.2, 0.25) is 11.8 Å². The fourth-order valence-electron chi connectivity index (χ4n) is 2.41. The van der Waals surface area contributed by atoms with Gasteiger partial charge in [0.25, 0.3) is 0 Å². The van der Waals surface area contributed by atoms with E-state index in [1.165, 1.54) is 0 Å². The number of amides is 2. The molecule has 2 amide bonds. The highest BCUT2D eigenvalue weighted by atomic mass is 16.5. The molecule has 1 aliphatic heterocycles. The maximum Gasteiger partial charge on any atom is 0.225 e. The Morgan fingerprint density at radius 2 is 2.30 bits per heavy atom. The zero-order chi connectivity index (χ0) is 15.2. The van der Waals surface area contributed by atoms with Crippen LogP contribution in [0.5, 0.6) is 0 Å². The van der Waals surface area contributed by atoms with Gasteiger partial charge in [0.05, 0.1) is 18.1 Å². The smallest absolute Gasteiger partial charge is 0.225 e. The van der Waals surface area contributed by atoms with Crippen molar-refractivity contribution in [2.75, 3.05) is 33.4 Å². The first-order valence-corrected chi connectivity index (χ1v) is 7.16. The van der Waals surface area contributed by atoms with E-state index >= 15 is 0 Å². The molecule has 0 spiro atoms. The van der Waals surface area contributed by atoms with E-state index in [0.29, 0.717) is 26.1 Å². The molecule has 0 bridgehead atoms. The highest BCUT2D eigenvalue weighted by molar-refractivity contribution is 5.89. The van der Waals surface area contributed by atoms with Crippen molar-refractivity contribution in [1.82, 2.24) is 10.2 Å². The Morgan fingerprint density at radius 3 is 2.90 bits per heavy atom. The van der Waals surface area contributed by atoms with Crippen LogP contribution in [-0.4, -0.2) is 60.8 Å². The van der Waals surface area contributed by atoms with Gasteiger partial charge in [0, 0.05) is 33.2 Å². The first-order valence-electron chi connectivity index (χ1n) is 7.16. The van der Waals surface area contributed by atoms with E-state index in [0.717, 1.165) is 6.42 Å². The lowest BCUT2D eigenvalue weighted by Crippen LogP contribution is -2.43. The van der Waals surface area contributed by atoms with Crippen molar-refractivity contribution in [1.29, 1.82) is 0 Å². The summed E-state index contributed by atoms with van der Waals surface area (Å²) < 4.78 is 4.94. The molecule has 0 radical (unpaired) electrons. The number of carbonyl (C=O) groups excluding carboxylic acids is 2. The Balaban J connectivity index is 2.40. The SMILES string of the molecule is CCCC(C)(O)CNC(=O)C1CC(=O)N(CCOC)C1. The number of likely N-dealkylation sites (tertiary alicyclic amines) is 1. The number of nitrogens with zero attached hydrogens (tertiary/aromatic N) is 1. The third-order valence-corrected chi connectivity index (χ3v) is 3.58. The second-order valence-corrected chi connectivity index (χ2v) is 5.70. The summed E-state index contributed by atoms with van der Waals surface area (Å²) in [5, 5.41) is 12.8. The van der Waals surface area contributed by atoms with Gasteiger partial charge in [0.15, 0.2) is 0 Å². The van der Waals surface area contributed by atoms with Crippen molar-refractivity contribution in [3.63, 3.8) is 0 Å². The van der Waals surface area contributed by atoms with Crippen LogP contribution in [0, 0.1) is 5.92 Å². The molecule has 6 heteroatoms. The summed E-state index contributed by atoms with van der Waals surface area (Å²) >= 11 is 0. The zero-order valence-corrected chi connectivity index (χ0v) is 12.6. The zero-order valence-electron chi connectivity index (χ0n) is 12.6. The molecule has 0 aliphatic carbocycles. The molecule has 1 rings (SSSR count). The minimum absolute atomic E-state index is 0.0116. The summed E-state index contributed by atoms with van der Waals surface area (Å²) in [4.78, 5) is 25.4. The van der Waals surface area contributed by atoms with Crippen LogP contribution >= 0.6 is 0 Å². The molecule has 1 aliphatic rings. The number of carbonyl (C=O) groups is 2. The topological polar surface area (TPSA) is 78.9 Å². The Labute approximate surface area is 120 Å². The summed E-state index contributed by atoms with van der Waals surface area (Å²) in [6.45, 7) is 5.35. The van der Waals surface area contributed by atoms with Crippen molar-refractivity contribution in [2.45, 2.75) is 38.7 Å². The summed E-state index contributed by atoms with van der Waals surface area (Å²) in [6, 6.07) is 0. The predicted octanol–water partition coefficient (Wildman–Crippen LogP) is 0.149. The summed E-state index contributed by atoms with van der Waals surface area (Å²) in [7, 11) is 1.58. The lowest BCUT2D eigenvalue weighted by Gasteiger charge is -2.24. The summed E-state index contributed by atoms with van der Waals surface area (Å²) in [5.41, 5.74) is -0.886. The lowest BCUT2D eigenvalue weighted by atomic mass is 10.00. The van der Waals surface area contributed by atoms with E-state index in [9.17, 15) is 14.7 Å². The van der Waals surface area contributed by atoms with Crippen LogP contribution in [0.1, 0.15) is 33.1 Å². The van der Waals surface area contributed by atoms with E-state index < -0.39 is 5.60 Å². The van der Waals surface area contributed by atoms with E-state index in [1.54, 1.807) is 18.9 Å². The normalized spacial score (nSPS) is 21.9. The second-order valence-electron chi connectivity index (χ2n) is 5.70. The third-order valence-electron chi connectivity index (χ3n) is 3.58. The lowest BCUT2D eigenvalue weighted by molar-refractivity contribution is -0.129. The van der Waals surface area contributed by atoms with Crippen LogP contribution < -0.4 is 5.32 Å². The number of rotatable bonds is 8. The van der Waals surface area contributed by atoms with Crippen LogP contribution in [0.2, 0.25) is 0 Å². The minimum Gasteiger partial charge on any atom is -0.388 e. The largest absolute Gasteiger partial charge is 0.388 e. The molecule has 2 N–H and O–H groups in total. The molecule has 116 valence electrons. The van der Waals surface area contributed by atoms with Gasteiger partial charge in [-0.15, -0.1) is 0 Å². The average molecular weight is 286 g/mol. The summed E-state index contributed by atoms with van der Waals surface area (Å²) in [6.07, 6.45) is 1.73. The summed E-state index contributed by atoms with van der Waals surface area (Å²) in [5.74, 6) is -0.492. The van der Waals surface area contributed by atoms with Crippen molar-refractivity contribution in [3.8, 4) is 0 Å². The fraction of sp³-hybridized carbons (Fsp3) is 0.857. The monoisotopic (exact) mass is 286 g/mol.